The van der Waals surface area contributed by atoms with Gasteiger partial charge in [-0.2, -0.15) is 4.31 Å². The van der Waals surface area contributed by atoms with E-state index in [2.05, 4.69) is 25.8 Å². The Morgan fingerprint density at radius 2 is 1.93 bits per heavy atom. The summed E-state index contributed by atoms with van der Waals surface area (Å²) in [6.07, 6.45) is 2.34. The van der Waals surface area contributed by atoms with Crippen molar-refractivity contribution in [3.05, 3.63) is 54.4 Å². The van der Waals surface area contributed by atoms with Gasteiger partial charge in [-0.05, 0) is 61.6 Å². The number of ketones is 1. The van der Waals surface area contributed by atoms with E-state index in [-0.39, 0.29) is 36.2 Å². The fraction of sp³-hybridized carbons (Fsp3) is 0.500. The van der Waals surface area contributed by atoms with Gasteiger partial charge in [0.05, 0.1) is 12.6 Å². The van der Waals surface area contributed by atoms with Crippen molar-refractivity contribution in [2.75, 3.05) is 52.4 Å². The highest BCUT2D eigenvalue weighted by Gasteiger charge is 2.35. The number of amides is 2. The second-order valence-electron chi connectivity index (χ2n) is 12.1. The lowest BCUT2D eigenvalue weighted by Gasteiger charge is -2.26. The van der Waals surface area contributed by atoms with E-state index in [0.29, 0.717) is 36.2 Å². The summed E-state index contributed by atoms with van der Waals surface area (Å²) >= 11 is 0. The summed E-state index contributed by atoms with van der Waals surface area (Å²) in [5.41, 5.74) is 0.513. The zero-order chi connectivity index (χ0) is 32.7. The molecular formula is C32H42N6O7S. The van der Waals surface area contributed by atoms with Crippen LogP contribution in [0.4, 0.5) is 0 Å². The summed E-state index contributed by atoms with van der Waals surface area (Å²) in [4.78, 5) is 46.1. The molecule has 13 nitrogen and oxygen atoms in total. The first-order chi connectivity index (χ1) is 22.1. The standard InChI is InChI=1S/C32H42N6O7S/c1-22(2)18-26(31(40)35-25-6-5-13-38(21-27(25)39)46(42,43)30-7-3-4-10-34-30)36-32(41)29-20-23-19-24(8-9-28(23)45-29)44-17-16-37-14-11-33-12-15-37/h3-4,7-10,19-20,22,25-26,33H,5-6,11-18,21H2,1-2H3,(H,35,40)(H,36,41)/t25-,26-/m1/s1. The van der Waals surface area contributed by atoms with E-state index >= 15 is 0 Å². The van der Waals surface area contributed by atoms with Crippen molar-refractivity contribution in [2.45, 2.75) is 50.2 Å². The topological polar surface area (TPSA) is 163 Å². The Morgan fingerprint density at radius 1 is 1.13 bits per heavy atom. The number of pyridine rings is 1. The summed E-state index contributed by atoms with van der Waals surface area (Å²) < 4.78 is 38.9. The average molecular weight is 655 g/mol. The molecule has 0 saturated carbocycles. The van der Waals surface area contributed by atoms with E-state index in [4.69, 9.17) is 9.15 Å². The number of nitrogens with zero attached hydrogens (tertiary/aromatic N) is 3. The molecule has 0 aliphatic carbocycles. The molecule has 0 spiro atoms. The lowest BCUT2D eigenvalue weighted by molar-refractivity contribution is -0.129. The molecule has 248 valence electrons. The molecule has 3 N–H and O–H groups in total. The Hall–Kier alpha value is -3.85. The van der Waals surface area contributed by atoms with Gasteiger partial charge in [0.15, 0.2) is 16.6 Å². The van der Waals surface area contributed by atoms with E-state index < -0.39 is 39.7 Å². The number of ether oxygens (including phenoxy) is 1. The van der Waals surface area contributed by atoms with Crippen LogP contribution in [0.25, 0.3) is 11.0 Å². The number of carbonyl (C=O) groups is 3. The Labute approximate surface area is 269 Å². The van der Waals surface area contributed by atoms with E-state index in [0.717, 1.165) is 37.0 Å². The minimum absolute atomic E-state index is 0.0513. The van der Waals surface area contributed by atoms with Crippen molar-refractivity contribution in [3.8, 4) is 5.75 Å². The Kier molecular flexibility index (Phi) is 11.0. The first-order valence-electron chi connectivity index (χ1n) is 15.7. The van der Waals surface area contributed by atoms with Crippen molar-refractivity contribution in [3.63, 3.8) is 0 Å². The molecule has 1 aromatic carbocycles. The molecule has 2 saturated heterocycles. The zero-order valence-electron chi connectivity index (χ0n) is 26.2. The van der Waals surface area contributed by atoms with Gasteiger partial charge in [0, 0.05) is 50.9 Å². The third kappa shape index (κ3) is 8.49. The number of sulfonamides is 1. The molecule has 2 aliphatic heterocycles. The predicted octanol–water partition coefficient (Wildman–Crippen LogP) is 1.79. The van der Waals surface area contributed by atoms with Gasteiger partial charge in [0.1, 0.15) is 24.0 Å². The molecule has 0 radical (unpaired) electrons. The number of benzene rings is 1. The van der Waals surface area contributed by atoms with Crippen molar-refractivity contribution in [1.82, 2.24) is 30.1 Å². The first kappa shape index (κ1) is 33.5. The van der Waals surface area contributed by atoms with Crippen LogP contribution in [-0.4, -0.2) is 105 Å². The minimum atomic E-state index is -3.96. The molecule has 46 heavy (non-hydrogen) atoms. The van der Waals surface area contributed by atoms with E-state index in [9.17, 15) is 22.8 Å². The SMILES string of the molecule is CC(C)C[C@@H](NC(=O)c1cc2cc(OCCN3CCNCC3)ccc2o1)C(=O)N[C@@H]1CCCN(S(=O)(=O)c2ccccn2)CC1=O. The minimum Gasteiger partial charge on any atom is -0.492 e. The first-order valence-corrected chi connectivity index (χ1v) is 17.2. The predicted molar refractivity (Wildman–Crippen MR) is 171 cm³/mol. The molecule has 5 rings (SSSR count). The summed E-state index contributed by atoms with van der Waals surface area (Å²) in [7, 11) is -3.96. The van der Waals surface area contributed by atoms with Crippen molar-refractivity contribution >= 4 is 38.6 Å². The van der Waals surface area contributed by atoms with Gasteiger partial charge < -0.3 is 25.1 Å². The summed E-state index contributed by atoms with van der Waals surface area (Å²) in [6.45, 7) is 8.89. The number of rotatable bonds is 12. The number of nitrogens with one attached hydrogen (secondary N) is 3. The third-order valence-electron chi connectivity index (χ3n) is 8.11. The molecule has 14 heteroatoms. The number of hydrogen-bond acceptors (Lipinski definition) is 10. The number of carbonyl (C=O) groups excluding carboxylic acids is 3. The van der Waals surface area contributed by atoms with Crippen LogP contribution in [0.15, 0.2) is 58.1 Å². The van der Waals surface area contributed by atoms with Crippen LogP contribution in [0.2, 0.25) is 0 Å². The lowest BCUT2D eigenvalue weighted by Crippen LogP contribution is -2.52. The molecule has 2 atom stereocenters. The van der Waals surface area contributed by atoms with Crippen LogP contribution >= 0.6 is 0 Å². The Morgan fingerprint density at radius 3 is 2.67 bits per heavy atom. The summed E-state index contributed by atoms with van der Waals surface area (Å²) in [5.74, 6) is -0.724. The van der Waals surface area contributed by atoms with Crippen LogP contribution in [-0.2, 0) is 19.6 Å². The van der Waals surface area contributed by atoms with Crippen LogP contribution in [0.5, 0.6) is 5.75 Å². The molecule has 2 aromatic heterocycles. The maximum atomic E-state index is 13.4. The number of piperazine rings is 1. The van der Waals surface area contributed by atoms with Gasteiger partial charge in [-0.1, -0.05) is 19.9 Å². The van der Waals surface area contributed by atoms with Gasteiger partial charge in [-0.15, -0.1) is 0 Å². The number of aromatic nitrogens is 1. The van der Waals surface area contributed by atoms with Crippen LogP contribution < -0.4 is 20.7 Å². The zero-order valence-corrected chi connectivity index (χ0v) is 27.1. The van der Waals surface area contributed by atoms with Crippen molar-refractivity contribution in [2.24, 2.45) is 5.92 Å². The summed E-state index contributed by atoms with van der Waals surface area (Å²) in [5, 5.41) is 9.43. The Balaban J connectivity index is 1.20. The largest absolute Gasteiger partial charge is 0.492 e. The summed E-state index contributed by atoms with van der Waals surface area (Å²) in [6, 6.07) is 9.72. The highest BCUT2D eigenvalue weighted by Crippen LogP contribution is 2.25. The average Bonchev–Trinajstić information content (AvgIpc) is 3.38. The van der Waals surface area contributed by atoms with Crippen LogP contribution in [0.3, 0.4) is 0 Å². The monoisotopic (exact) mass is 654 g/mol. The number of furan rings is 1. The number of fused-ring (bicyclic) bond motifs is 1. The van der Waals surface area contributed by atoms with Crippen molar-refractivity contribution in [1.29, 1.82) is 0 Å². The maximum Gasteiger partial charge on any atom is 0.287 e. The van der Waals surface area contributed by atoms with E-state index in [1.165, 1.54) is 12.3 Å². The van der Waals surface area contributed by atoms with E-state index in [1.807, 2.05) is 19.9 Å². The lowest BCUT2D eigenvalue weighted by atomic mass is 10.0. The fourth-order valence-corrected chi connectivity index (χ4v) is 7.02. The highest BCUT2D eigenvalue weighted by molar-refractivity contribution is 7.89. The van der Waals surface area contributed by atoms with Gasteiger partial charge >= 0.3 is 0 Å². The molecule has 0 bridgehead atoms. The fourth-order valence-electron chi connectivity index (χ4n) is 5.64. The molecule has 2 fully saturated rings. The van der Waals surface area contributed by atoms with Crippen LogP contribution in [0.1, 0.15) is 43.7 Å². The smallest absolute Gasteiger partial charge is 0.287 e. The molecule has 2 aliphatic rings. The van der Waals surface area contributed by atoms with Crippen LogP contribution in [0, 0.1) is 5.92 Å². The highest BCUT2D eigenvalue weighted by atomic mass is 32.2. The molecule has 4 heterocycles. The van der Waals surface area contributed by atoms with Gasteiger partial charge in [-0.25, -0.2) is 13.4 Å². The quantitative estimate of drug-likeness (QED) is 0.263. The van der Waals surface area contributed by atoms with Crippen molar-refractivity contribution < 1.29 is 32.0 Å². The number of hydrogen-bond donors (Lipinski definition) is 3. The van der Waals surface area contributed by atoms with E-state index in [1.54, 1.807) is 30.3 Å². The maximum absolute atomic E-state index is 13.4. The Bertz CT molecular complexity index is 1620. The normalized spacial score (nSPS) is 19.1. The molecule has 2 amide bonds. The van der Waals surface area contributed by atoms with Gasteiger partial charge in [0.25, 0.3) is 15.9 Å². The second-order valence-corrected chi connectivity index (χ2v) is 14.0. The third-order valence-corrected chi connectivity index (χ3v) is 9.87. The van der Waals surface area contributed by atoms with Gasteiger partial charge in [-0.3, -0.25) is 19.3 Å². The molecule has 0 unspecified atom stereocenters. The second kappa shape index (κ2) is 15.2. The number of Topliss-reactive ketones (excluding diaryl/α,β-unsaturated/α-hetero) is 1. The van der Waals surface area contributed by atoms with Gasteiger partial charge in [0.2, 0.25) is 5.91 Å². The molecule has 3 aromatic rings. The molecular weight excluding hydrogens is 612 g/mol.